The molecular weight excluding hydrogens is 222 g/mol. The molecule has 0 heterocycles. The molecule has 2 N–H and O–H groups in total. The summed E-state index contributed by atoms with van der Waals surface area (Å²) in [5.41, 5.74) is 9.07. The Labute approximate surface area is 111 Å². The summed E-state index contributed by atoms with van der Waals surface area (Å²) in [6.45, 7) is 7.72. The van der Waals surface area contributed by atoms with Gasteiger partial charge in [-0.25, -0.2) is 0 Å². The number of fused-ring (bicyclic) bond motifs is 1. The minimum atomic E-state index is 0.242. The van der Waals surface area contributed by atoms with Gasteiger partial charge < -0.3 is 10.5 Å². The van der Waals surface area contributed by atoms with Gasteiger partial charge in [0.25, 0.3) is 0 Å². The van der Waals surface area contributed by atoms with Gasteiger partial charge in [-0.1, -0.05) is 32.9 Å². The van der Waals surface area contributed by atoms with Crippen LogP contribution >= 0.6 is 0 Å². The molecule has 1 aromatic rings. The predicted molar refractivity (Wildman–Crippen MR) is 76.1 cm³/mol. The van der Waals surface area contributed by atoms with Crippen molar-refractivity contribution in [2.24, 2.45) is 17.1 Å². The molecule has 1 aliphatic rings. The normalized spacial score (nSPS) is 23.6. The van der Waals surface area contributed by atoms with E-state index in [4.69, 9.17) is 10.5 Å². The van der Waals surface area contributed by atoms with Crippen molar-refractivity contribution in [2.75, 3.05) is 13.7 Å². The fraction of sp³-hybridized carbons (Fsp3) is 0.625. The van der Waals surface area contributed by atoms with Gasteiger partial charge in [0.15, 0.2) is 0 Å². The first-order valence-electron chi connectivity index (χ1n) is 6.85. The number of benzene rings is 1. The van der Waals surface area contributed by atoms with Gasteiger partial charge in [0.1, 0.15) is 5.75 Å². The SMILES string of the molecule is COc1cccc2c1CCC(CN)C2C(C)(C)C. The number of ether oxygens (including phenoxy) is 1. The summed E-state index contributed by atoms with van der Waals surface area (Å²) in [5, 5.41) is 0. The van der Waals surface area contributed by atoms with Crippen LogP contribution in [0.5, 0.6) is 5.75 Å². The lowest BCUT2D eigenvalue weighted by Gasteiger charge is -2.41. The van der Waals surface area contributed by atoms with Crippen molar-refractivity contribution in [3.05, 3.63) is 29.3 Å². The van der Waals surface area contributed by atoms with Crippen LogP contribution in [0.3, 0.4) is 0 Å². The van der Waals surface area contributed by atoms with E-state index in [-0.39, 0.29) is 5.41 Å². The Morgan fingerprint density at radius 1 is 1.33 bits per heavy atom. The molecule has 2 unspecified atom stereocenters. The smallest absolute Gasteiger partial charge is 0.122 e. The van der Waals surface area contributed by atoms with Gasteiger partial charge in [-0.05, 0) is 53.8 Å². The monoisotopic (exact) mass is 247 g/mol. The molecule has 1 aromatic carbocycles. The number of hydrogen-bond acceptors (Lipinski definition) is 2. The van der Waals surface area contributed by atoms with Crippen molar-refractivity contribution >= 4 is 0 Å². The standard InChI is InChI=1S/C16H25NO/c1-16(2,3)15-11(10-17)8-9-12-13(15)6-5-7-14(12)18-4/h5-7,11,15H,8-10,17H2,1-4H3. The maximum atomic E-state index is 5.99. The van der Waals surface area contributed by atoms with Crippen molar-refractivity contribution in [1.29, 1.82) is 0 Å². The van der Waals surface area contributed by atoms with Crippen LogP contribution < -0.4 is 10.5 Å². The molecule has 0 aromatic heterocycles. The Balaban J connectivity index is 2.52. The summed E-state index contributed by atoms with van der Waals surface area (Å²) in [5.74, 6) is 2.16. The summed E-state index contributed by atoms with van der Waals surface area (Å²) in [4.78, 5) is 0. The molecule has 0 bridgehead atoms. The minimum Gasteiger partial charge on any atom is -0.496 e. The number of nitrogens with two attached hydrogens (primary N) is 1. The molecule has 0 saturated heterocycles. The van der Waals surface area contributed by atoms with Crippen LogP contribution in [0.15, 0.2) is 18.2 Å². The van der Waals surface area contributed by atoms with Crippen LogP contribution in [0.25, 0.3) is 0 Å². The summed E-state index contributed by atoms with van der Waals surface area (Å²) < 4.78 is 5.51. The third-order valence-corrected chi connectivity index (χ3v) is 4.20. The largest absolute Gasteiger partial charge is 0.496 e. The van der Waals surface area contributed by atoms with E-state index in [1.165, 1.54) is 17.5 Å². The maximum absolute atomic E-state index is 5.99. The van der Waals surface area contributed by atoms with Gasteiger partial charge >= 0.3 is 0 Å². The molecule has 18 heavy (non-hydrogen) atoms. The zero-order valence-corrected chi connectivity index (χ0v) is 12.0. The highest BCUT2D eigenvalue weighted by atomic mass is 16.5. The average molecular weight is 247 g/mol. The lowest BCUT2D eigenvalue weighted by atomic mass is 9.64. The van der Waals surface area contributed by atoms with E-state index in [0.29, 0.717) is 11.8 Å². The second kappa shape index (κ2) is 4.93. The van der Waals surface area contributed by atoms with Crippen LogP contribution in [0, 0.1) is 11.3 Å². The molecule has 100 valence electrons. The van der Waals surface area contributed by atoms with Gasteiger partial charge in [-0.15, -0.1) is 0 Å². The zero-order chi connectivity index (χ0) is 13.3. The average Bonchev–Trinajstić information content (AvgIpc) is 2.35. The summed E-state index contributed by atoms with van der Waals surface area (Å²) >= 11 is 0. The van der Waals surface area contributed by atoms with E-state index in [0.717, 1.165) is 18.7 Å². The molecule has 0 aliphatic heterocycles. The Bertz CT molecular complexity index is 420. The third kappa shape index (κ3) is 2.26. The predicted octanol–water partition coefficient (Wildman–Crippen LogP) is 3.35. The van der Waals surface area contributed by atoms with E-state index in [2.05, 4.69) is 39.0 Å². The molecule has 0 amide bonds. The Morgan fingerprint density at radius 2 is 2.06 bits per heavy atom. The number of hydrogen-bond donors (Lipinski definition) is 1. The third-order valence-electron chi connectivity index (χ3n) is 4.20. The fourth-order valence-electron chi connectivity index (χ4n) is 3.51. The number of rotatable bonds is 2. The van der Waals surface area contributed by atoms with Gasteiger partial charge in [-0.2, -0.15) is 0 Å². The van der Waals surface area contributed by atoms with E-state index >= 15 is 0 Å². The van der Waals surface area contributed by atoms with Gasteiger partial charge in [0, 0.05) is 0 Å². The maximum Gasteiger partial charge on any atom is 0.122 e. The van der Waals surface area contributed by atoms with Crippen LogP contribution in [-0.4, -0.2) is 13.7 Å². The van der Waals surface area contributed by atoms with Crippen LogP contribution in [-0.2, 0) is 6.42 Å². The summed E-state index contributed by atoms with van der Waals surface area (Å²) in [6, 6.07) is 6.44. The first kappa shape index (κ1) is 13.4. The van der Waals surface area contributed by atoms with Gasteiger partial charge in [0.05, 0.1) is 7.11 Å². The van der Waals surface area contributed by atoms with Crippen LogP contribution in [0.1, 0.15) is 44.2 Å². The van der Waals surface area contributed by atoms with E-state index < -0.39 is 0 Å². The van der Waals surface area contributed by atoms with Crippen molar-refractivity contribution in [2.45, 2.75) is 39.5 Å². The Morgan fingerprint density at radius 3 is 2.61 bits per heavy atom. The lowest BCUT2D eigenvalue weighted by Crippen LogP contribution is -2.35. The Kier molecular flexibility index (Phi) is 3.67. The highest BCUT2D eigenvalue weighted by Crippen LogP contribution is 2.48. The fourth-order valence-corrected chi connectivity index (χ4v) is 3.51. The molecule has 0 saturated carbocycles. The van der Waals surface area contributed by atoms with Crippen LogP contribution in [0.4, 0.5) is 0 Å². The van der Waals surface area contributed by atoms with Gasteiger partial charge in [0.2, 0.25) is 0 Å². The minimum absolute atomic E-state index is 0.242. The summed E-state index contributed by atoms with van der Waals surface area (Å²) in [7, 11) is 1.76. The Hall–Kier alpha value is -1.02. The highest BCUT2D eigenvalue weighted by Gasteiger charge is 2.37. The van der Waals surface area contributed by atoms with Crippen molar-refractivity contribution in [1.82, 2.24) is 0 Å². The second-order valence-corrected chi connectivity index (χ2v) is 6.41. The molecular formula is C16H25NO. The molecule has 0 fully saturated rings. The van der Waals surface area contributed by atoms with Gasteiger partial charge in [-0.3, -0.25) is 0 Å². The lowest BCUT2D eigenvalue weighted by molar-refractivity contribution is 0.215. The highest BCUT2D eigenvalue weighted by molar-refractivity contribution is 5.44. The van der Waals surface area contributed by atoms with Crippen molar-refractivity contribution in [3.8, 4) is 5.75 Å². The topological polar surface area (TPSA) is 35.2 Å². The molecule has 0 spiro atoms. The van der Waals surface area contributed by atoms with E-state index in [9.17, 15) is 0 Å². The number of methoxy groups -OCH3 is 1. The van der Waals surface area contributed by atoms with Crippen molar-refractivity contribution < 1.29 is 4.74 Å². The summed E-state index contributed by atoms with van der Waals surface area (Å²) in [6.07, 6.45) is 2.26. The van der Waals surface area contributed by atoms with E-state index in [1.807, 2.05) is 0 Å². The molecule has 2 rings (SSSR count). The molecule has 1 aliphatic carbocycles. The second-order valence-electron chi connectivity index (χ2n) is 6.41. The van der Waals surface area contributed by atoms with Crippen molar-refractivity contribution in [3.63, 3.8) is 0 Å². The molecule has 0 radical (unpaired) electrons. The zero-order valence-electron chi connectivity index (χ0n) is 12.0. The van der Waals surface area contributed by atoms with E-state index in [1.54, 1.807) is 7.11 Å². The molecule has 2 atom stereocenters. The van der Waals surface area contributed by atoms with Crippen LogP contribution in [0.2, 0.25) is 0 Å². The quantitative estimate of drug-likeness (QED) is 0.870. The first-order valence-corrected chi connectivity index (χ1v) is 6.85. The first-order chi connectivity index (χ1) is 8.49. The molecule has 2 heteroatoms. The molecule has 2 nitrogen and oxygen atoms in total.